The Balaban J connectivity index is 0.00000364. The molecule has 150 valence electrons. The van der Waals surface area contributed by atoms with E-state index in [0.717, 1.165) is 42.3 Å². The maximum atomic E-state index is 11.9. The van der Waals surface area contributed by atoms with Crippen molar-refractivity contribution in [3.8, 4) is 0 Å². The van der Waals surface area contributed by atoms with Crippen molar-refractivity contribution < 1.29 is 9.21 Å². The second kappa shape index (κ2) is 12.7. The number of hydrogen-bond acceptors (Lipinski definition) is 5. The number of amides is 1. The highest BCUT2D eigenvalue weighted by Gasteiger charge is 2.11. The van der Waals surface area contributed by atoms with Crippen LogP contribution in [-0.2, 0) is 12.8 Å². The fraction of sp³-hybridized carbons (Fsp3) is 0.500. The van der Waals surface area contributed by atoms with Crippen LogP contribution >= 0.6 is 35.3 Å². The number of aliphatic imine (C=N–C) groups is 1. The van der Waals surface area contributed by atoms with Crippen LogP contribution in [0.5, 0.6) is 0 Å². The van der Waals surface area contributed by atoms with Crippen LogP contribution in [0.1, 0.15) is 39.3 Å². The number of hydrogen-bond donors (Lipinski definition) is 3. The van der Waals surface area contributed by atoms with Gasteiger partial charge < -0.3 is 20.4 Å². The number of carbonyl (C=O) groups is 1. The van der Waals surface area contributed by atoms with Crippen LogP contribution in [-0.4, -0.2) is 43.5 Å². The fourth-order valence-electron chi connectivity index (χ4n) is 2.32. The molecule has 0 saturated heterocycles. The highest BCUT2D eigenvalue weighted by Crippen LogP contribution is 2.13. The van der Waals surface area contributed by atoms with Crippen molar-refractivity contribution >= 4 is 47.2 Å². The van der Waals surface area contributed by atoms with Gasteiger partial charge in [0, 0.05) is 49.7 Å². The lowest BCUT2D eigenvalue weighted by Crippen LogP contribution is -2.39. The van der Waals surface area contributed by atoms with Gasteiger partial charge in [0.1, 0.15) is 0 Å². The van der Waals surface area contributed by atoms with Gasteiger partial charge in [-0.15, -0.1) is 35.3 Å². The largest absolute Gasteiger partial charge is 0.459 e. The van der Waals surface area contributed by atoms with Gasteiger partial charge in [-0.25, -0.2) is 4.98 Å². The van der Waals surface area contributed by atoms with Gasteiger partial charge in [0.15, 0.2) is 11.7 Å². The number of thiazole rings is 1. The summed E-state index contributed by atoms with van der Waals surface area (Å²) in [7, 11) is 1.75. The standard InChI is InChI=1S/C18H27N5O2S.HI/c1-4-14-12-23-15(26-14)6-10-22-18(19-3)21-9-5-8-20-17(24)16-13(2)7-11-25-16;/h7,11-12H,4-6,8-10H2,1-3H3,(H,20,24)(H2,19,21,22);1H. The minimum absolute atomic E-state index is 0. The maximum absolute atomic E-state index is 11.9. The third-order valence-electron chi connectivity index (χ3n) is 3.80. The summed E-state index contributed by atoms with van der Waals surface area (Å²) in [5.41, 5.74) is 0.844. The van der Waals surface area contributed by atoms with Crippen LogP contribution in [0.3, 0.4) is 0 Å². The van der Waals surface area contributed by atoms with Gasteiger partial charge in [-0.3, -0.25) is 9.79 Å². The van der Waals surface area contributed by atoms with Crippen molar-refractivity contribution in [2.45, 2.75) is 33.1 Å². The van der Waals surface area contributed by atoms with E-state index in [0.29, 0.717) is 18.8 Å². The van der Waals surface area contributed by atoms with Gasteiger partial charge in [-0.2, -0.15) is 0 Å². The maximum Gasteiger partial charge on any atom is 0.287 e. The summed E-state index contributed by atoms with van der Waals surface area (Å²) in [4.78, 5) is 21.8. The van der Waals surface area contributed by atoms with Crippen molar-refractivity contribution in [2.24, 2.45) is 4.99 Å². The third kappa shape index (κ3) is 7.87. The predicted molar refractivity (Wildman–Crippen MR) is 120 cm³/mol. The molecule has 2 rings (SSSR count). The highest BCUT2D eigenvalue weighted by atomic mass is 127. The first-order valence-electron chi connectivity index (χ1n) is 8.84. The molecule has 0 atom stereocenters. The number of furan rings is 1. The van der Waals surface area contributed by atoms with Crippen molar-refractivity contribution in [2.75, 3.05) is 26.7 Å². The molecular formula is C18H28IN5O2S. The first-order valence-corrected chi connectivity index (χ1v) is 9.66. The number of rotatable bonds is 9. The molecule has 9 heteroatoms. The molecule has 0 spiro atoms. The molecule has 2 heterocycles. The zero-order valence-electron chi connectivity index (χ0n) is 16.0. The van der Waals surface area contributed by atoms with E-state index in [1.807, 2.05) is 13.1 Å². The van der Waals surface area contributed by atoms with Crippen LogP contribution in [0.25, 0.3) is 0 Å². The minimum Gasteiger partial charge on any atom is -0.459 e. The van der Waals surface area contributed by atoms with Crippen molar-refractivity contribution in [3.05, 3.63) is 39.7 Å². The number of nitrogens with one attached hydrogen (secondary N) is 3. The van der Waals surface area contributed by atoms with Gasteiger partial charge in [0.05, 0.1) is 11.3 Å². The molecule has 1 amide bonds. The van der Waals surface area contributed by atoms with Crippen LogP contribution < -0.4 is 16.0 Å². The first-order chi connectivity index (χ1) is 12.6. The van der Waals surface area contributed by atoms with Crippen LogP contribution in [0, 0.1) is 6.92 Å². The molecule has 27 heavy (non-hydrogen) atoms. The van der Waals surface area contributed by atoms with Crippen molar-refractivity contribution in [3.63, 3.8) is 0 Å². The zero-order chi connectivity index (χ0) is 18.8. The smallest absolute Gasteiger partial charge is 0.287 e. The lowest BCUT2D eigenvalue weighted by Gasteiger charge is -2.11. The molecule has 2 aromatic rings. The van der Waals surface area contributed by atoms with E-state index in [4.69, 9.17) is 4.42 Å². The van der Waals surface area contributed by atoms with Gasteiger partial charge in [-0.05, 0) is 25.8 Å². The average molecular weight is 505 g/mol. The molecule has 0 saturated carbocycles. The van der Waals surface area contributed by atoms with Crippen molar-refractivity contribution in [1.29, 1.82) is 0 Å². The third-order valence-corrected chi connectivity index (χ3v) is 5.01. The number of aromatic nitrogens is 1. The highest BCUT2D eigenvalue weighted by molar-refractivity contribution is 14.0. The van der Waals surface area contributed by atoms with Gasteiger partial charge in [-0.1, -0.05) is 6.92 Å². The summed E-state index contributed by atoms with van der Waals surface area (Å²) in [6.45, 7) is 6.06. The number of guanidine groups is 1. The number of nitrogens with zero attached hydrogens (tertiary/aromatic N) is 2. The zero-order valence-corrected chi connectivity index (χ0v) is 19.1. The summed E-state index contributed by atoms with van der Waals surface area (Å²) in [5, 5.41) is 10.5. The molecule has 3 N–H and O–H groups in total. The Bertz CT molecular complexity index is 729. The van der Waals surface area contributed by atoms with E-state index < -0.39 is 0 Å². The fourth-order valence-corrected chi connectivity index (χ4v) is 3.18. The van der Waals surface area contributed by atoms with E-state index in [2.05, 4.69) is 32.9 Å². The summed E-state index contributed by atoms with van der Waals surface area (Å²) in [6.07, 6.45) is 6.18. The molecule has 0 fully saturated rings. The van der Waals surface area contributed by atoms with Crippen LogP contribution in [0.15, 0.2) is 27.9 Å². The molecule has 0 unspecified atom stereocenters. The first kappa shape index (κ1) is 23.4. The lowest BCUT2D eigenvalue weighted by atomic mass is 10.2. The molecule has 0 bridgehead atoms. The Morgan fingerprint density at radius 2 is 2.00 bits per heavy atom. The molecule has 0 aliphatic heterocycles. The van der Waals surface area contributed by atoms with Gasteiger partial charge in [0.25, 0.3) is 5.91 Å². The number of carbonyl (C=O) groups excluding carboxylic acids is 1. The molecule has 2 aromatic heterocycles. The molecule has 7 nitrogen and oxygen atoms in total. The lowest BCUT2D eigenvalue weighted by molar-refractivity contribution is 0.0925. The Kier molecular flexibility index (Phi) is 11.0. The summed E-state index contributed by atoms with van der Waals surface area (Å²) < 4.78 is 5.17. The predicted octanol–water partition coefficient (Wildman–Crippen LogP) is 2.75. The minimum atomic E-state index is -0.176. The van der Waals surface area contributed by atoms with E-state index >= 15 is 0 Å². The Hall–Kier alpha value is -1.62. The number of halogens is 1. The molecule has 0 aliphatic rings. The van der Waals surface area contributed by atoms with Crippen LogP contribution in [0.4, 0.5) is 0 Å². The summed E-state index contributed by atoms with van der Waals surface area (Å²) in [6, 6.07) is 1.78. The van der Waals surface area contributed by atoms with Crippen LogP contribution in [0.2, 0.25) is 0 Å². The Morgan fingerprint density at radius 1 is 1.26 bits per heavy atom. The molecule has 0 aromatic carbocycles. The summed E-state index contributed by atoms with van der Waals surface area (Å²) >= 11 is 1.76. The topological polar surface area (TPSA) is 91.5 Å². The van der Waals surface area contributed by atoms with E-state index in [-0.39, 0.29) is 29.9 Å². The Morgan fingerprint density at radius 3 is 2.63 bits per heavy atom. The Labute approximate surface area is 181 Å². The van der Waals surface area contributed by atoms with Gasteiger partial charge >= 0.3 is 0 Å². The monoisotopic (exact) mass is 505 g/mol. The molecule has 0 radical (unpaired) electrons. The second-order valence-corrected chi connectivity index (χ2v) is 6.99. The van der Waals surface area contributed by atoms with E-state index in [9.17, 15) is 4.79 Å². The average Bonchev–Trinajstić information content (AvgIpc) is 3.28. The van der Waals surface area contributed by atoms with Gasteiger partial charge in [0.2, 0.25) is 0 Å². The normalized spacial score (nSPS) is 11.0. The summed E-state index contributed by atoms with van der Waals surface area (Å²) in [5.74, 6) is 0.958. The van der Waals surface area contributed by atoms with E-state index in [1.165, 1.54) is 11.1 Å². The quantitative estimate of drug-likeness (QED) is 0.211. The number of aryl methyl sites for hydroxylation is 2. The van der Waals surface area contributed by atoms with Crippen molar-refractivity contribution in [1.82, 2.24) is 20.9 Å². The second-order valence-electron chi connectivity index (χ2n) is 5.79. The molecular weight excluding hydrogens is 477 g/mol. The molecule has 0 aliphatic carbocycles. The SMILES string of the molecule is CCc1cnc(CCNC(=NC)NCCCNC(=O)c2occc2C)s1.I. The van der Waals surface area contributed by atoms with E-state index in [1.54, 1.807) is 24.5 Å².